The fourth-order valence-electron chi connectivity index (χ4n) is 2.83. The van der Waals surface area contributed by atoms with E-state index in [1.807, 2.05) is 0 Å². The second-order valence-corrected chi connectivity index (χ2v) is 5.43. The lowest BCUT2D eigenvalue weighted by Gasteiger charge is -2.30. The fraction of sp³-hybridized carbons (Fsp3) is 0.846. The average Bonchev–Trinajstić information content (AvgIpc) is 2.40. The Bertz CT molecular complexity index is 303. The maximum Gasteiger partial charge on any atom is 0.239 e. The highest BCUT2D eigenvalue weighted by Gasteiger charge is 2.27. The van der Waals surface area contributed by atoms with Gasteiger partial charge < -0.3 is 10.6 Å². The molecule has 0 spiro atoms. The van der Waals surface area contributed by atoms with E-state index in [4.69, 9.17) is 0 Å². The van der Waals surface area contributed by atoms with Crippen LogP contribution >= 0.6 is 0 Å². The van der Waals surface area contributed by atoms with Crippen LogP contribution < -0.4 is 16.0 Å². The molecule has 1 aliphatic heterocycles. The molecule has 0 aromatic carbocycles. The molecule has 2 rings (SSSR count). The third kappa shape index (κ3) is 3.45. The lowest BCUT2D eigenvalue weighted by molar-refractivity contribution is -0.127. The second-order valence-electron chi connectivity index (χ2n) is 5.43. The molecule has 0 aromatic rings. The molecular formula is C13H23N3O2. The van der Waals surface area contributed by atoms with Crippen molar-refractivity contribution in [1.82, 2.24) is 16.0 Å². The number of amides is 2. The first-order valence-electron chi connectivity index (χ1n) is 6.97. The molecule has 0 aromatic heterocycles. The van der Waals surface area contributed by atoms with Gasteiger partial charge in [0.2, 0.25) is 11.8 Å². The highest BCUT2D eigenvalue weighted by atomic mass is 16.2. The summed E-state index contributed by atoms with van der Waals surface area (Å²) in [4.78, 5) is 23.0. The van der Waals surface area contributed by atoms with Crippen LogP contribution in [0.4, 0.5) is 0 Å². The highest BCUT2D eigenvalue weighted by Crippen LogP contribution is 2.26. The van der Waals surface area contributed by atoms with Gasteiger partial charge in [0.25, 0.3) is 0 Å². The third-order valence-electron chi connectivity index (χ3n) is 4.06. The van der Waals surface area contributed by atoms with Gasteiger partial charge in [-0.15, -0.1) is 0 Å². The smallest absolute Gasteiger partial charge is 0.239 e. The van der Waals surface area contributed by atoms with E-state index in [9.17, 15) is 9.59 Å². The predicted molar refractivity (Wildman–Crippen MR) is 69.0 cm³/mol. The van der Waals surface area contributed by atoms with Crippen molar-refractivity contribution in [2.24, 2.45) is 5.92 Å². The van der Waals surface area contributed by atoms with E-state index in [1.54, 1.807) is 0 Å². The van der Waals surface area contributed by atoms with E-state index in [1.165, 1.54) is 32.1 Å². The van der Waals surface area contributed by atoms with Crippen molar-refractivity contribution in [2.75, 3.05) is 13.1 Å². The summed E-state index contributed by atoms with van der Waals surface area (Å²) in [5.41, 5.74) is 0. The number of hydrogen-bond acceptors (Lipinski definition) is 3. The summed E-state index contributed by atoms with van der Waals surface area (Å²) in [5.74, 6) is 0.577. The van der Waals surface area contributed by atoms with Gasteiger partial charge in [0, 0.05) is 12.6 Å². The Balaban J connectivity index is 1.77. The van der Waals surface area contributed by atoms with Crippen molar-refractivity contribution in [3.8, 4) is 0 Å². The van der Waals surface area contributed by atoms with Crippen LogP contribution in [0.1, 0.15) is 39.0 Å². The minimum atomic E-state index is -0.284. The zero-order chi connectivity index (χ0) is 13.0. The quantitative estimate of drug-likeness (QED) is 0.671. The van der Waals surface area contributed by atoms with Crippen LogP contribution in [0, 0.1) is 5.92 Å². The molecule has 0 radical (unpaired) electrons. The fourth-order valence-corrected chi connectivity index (χ4v) is 2.83. The Morgan fingerprint density at radius 2 is 2.06 bits per heavy atom. The molecule has 0 bridgehead atoms. The second kappa shape index (κ2) is 6.18. The molecule has 2 unspecified atom stereocenters. The normalized spacial score (nSPS) is 27.4. The lowest BCUT2D eigenvalue weighted by atomic mass is 9.84. The van der Waals surface area contributed by atoms with Gasteiger partial charge in [-0.2, -0.15) is 0 Å². The van der Waals surface area contributed by atoms with Gasteiger partial charge in [-0.25, -0.2) is 0 Å². The van der Waals surface area contributed by atoms with Crippen LogP contribution in [0.3, 0.4) is 0 Å². The SMILES string of the molecule is CC(NC(=O)C1CNC(=O)CN1)C1CCCCC1. The van der Waals surface area contributed by atoms with Crippen molar-refractivity contribution in [3.05, 3.63) is 0 Å². The van der Waals surface area contributed by atoms with Gasteiger partial charge in [0.05, 0.1) is 6.54 Å². The number of nitrogens with one attached hydrogen (secondary N) is 3. The molecule has 1 saturated carbocycles. The Kier molecular flexibility index (Phi) is 4.58. The molecule has 2 atom stereocenters. The van der Waals surface area contributed by atoms with Crippen LogP contribution in [0.25, 0.3) is 0 Å². The average molecular weight is 253 g/mol. The standard InChI is InChI=1S/C13H23N3O2/c1-9(10-5-3-2-4-6-10)16-13(18)11-7-15-12(17)8-14-11/h9-11,14H,2-8H2,1H3,(H,15,17)(H,16,18). The maximum atomic E-state index is 12.0. The molecule has 18 heavy (non-hydrogen) atoms. The monoisotopic (exact) mass is 253 g/mol. The Morgan fingerprint density at radius 1 is 1.33 bits per heavy atom. The Hall–Kier alpha value is -1.10. The summed E-state index contributed by atoms with van der Waals surface area (Å²) < 4.78 is 0. The number of piperazine rings is 1. The van der Waals surface area contributed by atoms with Crippen molar-refractivity contribution in [2.45, 2.75) is 51.1 Å². The van der Waals surface area contributed by atoms with E-state index < -0.39 is 0 Å². The largest absolute Gasteiger partial charge is 0.353 e. The summed E-state index contributed by atoms with van der Waals surface area (Å²) in [6.07, 6.45) is 6.32. The molecule has 2 aliphatic rings. The van der Waals surface area contributed by atoms with E-state index in [0.717, 1.165) is 0 Å². The maximum absolute atomic E-state index is 12.0. The van der Waals surface area contributed by atoms with E-state index in [2.05, 4.69) is 22.9 Å². The van der Waals surface area contributed by atoms with Crippen molar-refractivity contribution >= 4 is 11.8 Å². The molecule has 2 fully saturated rings. The minimum Gasteiger partial charge on any atom is -0.353 e. The Labute approximate surface area is 108 Å². The zero-order valence-corrected chi connectivity index (χ0v) is 11.0. The number of hydrogen-bond donors (Lipinski definition) is 3. The molecule has 2 amide bonds. The minimum absolute atomic E-state index is 0.00748. The van der Waals surface area contributed by atoms with Crippen LogP contribution in [-0.4, -0.2) is 37.0 Å². The molecular weight excluding hydrogens is 230 g/mol. The van der Waals surface area contributed by atoms with Crippen molar-refractivity contribution in [3.63, 3.8) is 0 Å². The number of carbonyl (C=O) groups is 2. The number of carbonyl (C=O) groups excluding carboxylic acids is 2. The first-order chi connectivity index (χ1) is 8.66. The first-order valence-corrected chi connectivity index (χ1v) is 6.97. The van der Waals surface area contributed by atoms with Gasteiger partial charge in [-0.3, -0.25) is 14.9 Å². The molecule has 5 heteroatoms. The predicted octanol–water partition coefficient (Wildman–Crippen LogP) is 0.159. The molecule has 3 N–H and O–H groups in total. The van der Waals surface area contributed by atoms with Crippen LogP contribution in [0.15, 0.2) is 0 Å². The van der Waals surface area contributed by atoms with Crippen molar-refractivity contribution < 1.29 is 9.59 Å². The molecule has 1 aliphatic carbocycles. The lowest BCUT2D eigenvalue weighted by Crippen LogP contribution is -2.59. The van der Waals surface area contributed by atoms with Crippen LogP contribution in [0.2, 0.25) is 0 Å². The molecule has 1 heterocycles. The topological polar surface area (TPSA) is 70.2 Å². The van der Waals surface area contributed by atoms with Gasteiger partial charge >= 0.3 is 0 Å². The molecule has 1 saturated heterocycles. The summed E-state index contributed by atoms with van der Waals surface area (Å²) in [6.45, 7) is 2.72. The molecule has 5 nitrogen and oxygen atoms in total. The Morgan fingerprint density at radius 3 is 2.67 bits per heavy atom. The van der Waals surface area contributed by atoms with Gasteiger partial charge in [0.1, 0.15) is 6.04 Å². The van der Waals surface area contributed by atoms with Crippen molar-refractivity contribution in [1.29, 1.82) is 0 Å². The summed E-state index contributed by atoms with van der Waals surface area (Å²) in [7, 11) is 0. The van der Waals surface area contributed by atoms with E-state index in [0.29, 0.717) is 12.5 Å². The summed E-state index contributed by atoms with van der Waals surface area (Å²) in [5, 5.41) is 8.74. The van der Waals surface area contributed by atoms with Gasteiger partial charge in [-0.1, -0.05) is 19.3 Å². The summed E-state index contributed by atoms with van der Waals surface area (Å²) in [6, 6.07) is -0.0500. The highest BCUT2D eigenvalue weighted by molar-refractivity contribution is 5.86. The zero-order valence-electron chi connectivity index (χ0n) is 11.0. The summed E-state index contributed by atoms with van der Waals surface area (Å²) >= 11 is 0. The van der Waals surface area contributed by atoms with Gasteiger partial charge in [-0.05, 0) is 25.7 Å². The van der Waals surface area contributed by atoms with E-state index in [-0.39, 0.29) is 30.4 Å². The van der Waals surface area contributed by atoms with Crippen LogP contribution in [-0.2, 0) is 9.59 Å². The van der Waals surface area contributed by atoms with E-state index >= 15 is 0 Å². The first kappa shape index (κ1) is 13.3. The van der Waals surface area contributed by atoms with Gasteiger partial charge in [0.15, 0.2) is 0 Å². The number of rotatable bonds is 3. The third-order valence-corrected chi connectivity index (χ3v) is 4.06. The van der Waals surface area contributed by atoms with Crippen LogP contribution in [0.5, 0.6) is 0 Å². The molecule has 102 valence electrons.